The summed E-state index contributed by atoms with van der Waals surface area (Å²) in [5.41, 5.74) is 2.56. The highest BCUT2D eigenvalue weighted by Gasteiger charge is 2.29. The molecule has 0 saturated carbocycles. The zero-order chi connectivity index (χ0) is 28.3. The second-order valence-electron chi connectivity index (χ2n) is 9.94. The molecule has 1 N–H and O–H groups in total. The van der Waals surface area contributed by atoms with Gasteiger partial charge in [0, 0.05) is 26.1 Å². The van der Waals surface area contributed by atoms with Crippen LogP contribution in [0.3, 0.4) is 0 Å². The Morgan fingerprint density at radius 3 is 2.16 bits per heavy atom. The molecule has 0 spiro atoms. The van der Waals surface area contributed by atoms with Gasteiger partial charge in [-0.25, -0.2) is 8.42 Å². The van der Waals surface area contributed by atoms with Crippen LogP contribution in [0.4, 0.5) is 5.69 Å². The van der Waals surface area contributed by atoms with Gasteiger partial charge in [0.15, 0.2) is 0 Å². The van der Waals surface area contributed by atoms with Crippen molar-refractivity contribution < 1.29 is 22.7 Å². The molecule has 0 heterocycles. The van der Waals surface area contributed by atoms with Gasteiger partial charge in [-0.15, -0.1) is 0 Å². The monoisotopic (exact) mass is 545 g/mol. The van der Waals surface area contributed by atoms with Gasteiger partial charge in [0.05, 0.1) is 18.6 Å². The van der Waals surface area contributed by atoms with Gasteiger partial charge in [0.1, 0.15) is 11.8 Å². The molecule has 0 saturated heterocycles. The SMILES string of the molecule is CCOc1ccc(N(CCCC(=O)N(Cc2ccc(C)cc2)C(CC)C(=O)NCC(C)C)S(C)(=O)=O)cc1. The van der Waals surface area contributed by atoms with E-state index in [0.717, 1.165) is 17.4 Å². The summed E-state index contributed by atoms with van der Waals surface area (Å²) in [5, 5.41) is 2.96. The van der Waals surface area contributed by atoms with Crippen molar-refractivity contribution in [1.82, 2.24) is 10.2 Å². The van der Waals surface area contributed by atoms with Gasteiger partial charge in [-0.1, -0.05) is 50.6 Å². The maximum Gasteiger partial charge on any atom is 0.242 e. The zero-order valence-electron chi connectivity index (χ0n) is 23.6. The fraction of sp³-hybridized carbons (Fsp3) is 0.517. The minimum Gasteiger partial charge on any atom is -0.494 e. The number of carbonyl (C=O) groups excluding carboxylic acids is 2. The summed E-state index contributed by atoms with van der Waals surface area (Å²) in [6.07, 6.45) is 2.06. The molecule has 210 valence electrons. The smallest absolute Gasteiger partial charge is 0.242 e. The van der Waals surface area contributed by atoms with Crippen molar-refractivity contribution in [3.63, 3.8) is 0 Å². The average Bonchev–Trinajstić information content (AvgIpc) is 2.86. The van der Waals surface area contributed by atoms with Crippen LogP contribution in [0.1, 0.15) is 58.1 Å². The largest absolute Gasteiger partial charge is 0.494 e. The third-order valence-electron chi connectivity index (χ3n) is 6.13. The van der Waals surface area contributed by atoms with E-state index < -0.39 is 16.1 Å². The minimum absolute atomic E-state index is 0.114. The highest BCUT2D eigenvalue weighted by atomic mass is 32.2. The lowest BCUT2D eigenvalue weighted by Crippen LogP contribution is -2.49. The van der Waals surface area contributed by atoms with Gasteiger partial charge in [0.2, 0.25) is 21.8 Å². The van der Waals surface area contributed by atoms with Crippen molar-refractivity contribution in [1.29, 1.82) is 0 Å². The van der Waals surface area contributed by atoms with Crippen LogP contribution in [0.25, 0.3) is 0 Å². The highest BCUT2D eigenvalue weighted by Crippen LogP contribution is 2.23. The number of amides is 2. The van der Waals surface area contributed by atoms with Crippen LogP contribution in [-0.4, -0.2) is 57.1 Å². The second kappa shape index (κ2) is 14.8. The summed E-state index contributed by atoms with van der Waals surface area (Å²) < 4.78 is 31.8. The Kier molecular flexibility index (Phi) is 12.1. The number of hydrogen-bond acceptors (Lipinski definition) is 5. The molecular formula is C29H43N3O5S. The first-order valence-electron chi connectivity index (χ1n) is 13.3. The van der Waals surface area contributed by atoms with Crippen LogP contribution in [0, 0.1) is 12.8 Å². The normalized spacial score (nSPS) is 12.2. The van der Waals surface area contributed by atoms with Gasteiger partial charge in [-0.3, -0.25) is 13.9 Å². The van der Waals surface area contributed by atoms with Gasteiger partial charge in [0.25, 0.3) is 0 Å². The molecule has 0 bridgehead atoms. The van der Waals surface area contributed by atoms with Gasteiger partial charge in [-0.05, 0) is 62.4 Å². The molecule has 1 unspecified atom stereocenters. The van der Waals surface area contributed by atoms with Crippen LogP contribution < -0.4 is 14.4 Å². The van der Waals surface area contributed by atoms with Crippen molar-refractivity contribution >= 4 is 27.5 Å². The Hall–Kier alpha value is -3.07. The Labute approximate surface area is 228 Å². The molecule has 2 aromatic rings. The molecule has 0 aromatic heterocycles. The van der Waals surface area contributed by atoms with Crippen LogP contribution in [0.5, 0.6) is 5.75 Å². The summed E-state index contributed by atoms with van der Waals surface area (Å²) in [6, 6.07) is 14.1. The molecule has 2 aromatic carbocycles. The van der Waals surface area contributed by atoms with E-state index in [4.69, 9.17) is 4.74 Å². The number of aryl methyl sites for hydroxylation is 1. The lowest BCUT2D eigenvalue weighted by molar-refractivity contribution is -0.141. The van der Waals surface area contributed by atoms with Crippen molar-refractivity contribution in [3.8, 4) is 5.75 Å². The summed E-state index contributed by atoms with van der Waals surface area (Å²) in [5.74, 6) is 0.598. The van der Waals surface area contributed by atoms with Crippen LogP contribution in [-0.2, 0) is 26.2 Å². The first-order valence-corrected chi connectivity index (χ1v) is 15.1. The number of rotatable bonds is 15. The number of carbonyl (C=O) groups is 2. The molecular weight excluding hydrogens is 502 g/mol. The molecule has 2 rings (SSSR count). The number of nitrogens with zero attached hydrogens (tertiary/aromatic N) is 2. The fourth-order valence-corrected chi connectivity index (χ4v) is 5.08. The third-order valence-corrected chi connectivity index (χ3v) is 7.33. The third kappa shape index (κ3) is 9.67. The van der Waals surface area contributed by atoms with Crippen molar-refractivity contribution in [2.24, 2.45) is 5.92 Å². The molecule has 38 heavy (non-hydrogen) atoms. The van der Waals surface area contributed by atoms with E-state index in [-0.39, 0.29) is 24.8 Å². The Morgan fingerprint density at radius 1 is 1.00 bits per heavy atom. The van der Waals surface area contributed by atoms with Gasteiger partial charge < -0.3 is 15.0 Å². The lowest BCUT2D eigenvalue weighted by Gasteiger charge is -2.31. The summed E-state index contributed by atoms with van der Waals surface area (Å²) in [7, 11) is -3.56. The number of hydrogen-bond donors (Lipinski definition) is 1. The van der Waals surface area contributed by atoms with Crippen LogP contribution in [0.15, 0.2) is 48.5 Å². The van der Waals surface area contributed by atoms with Gasteiger partial charge in [-0.2, -0.15) is 0 Å². The van der Waals surface area contributed by atoms with Crippen molar-refractivity contribution in [2.75, 3.05) is 30.3 Å². The number of ether oxygens (including phenoxy) is 1. The average molecular weight is 546 g/mol. The molecule has 1 atom stereocenters. The molecule has 2 amide bonds. The first kappa shape index (κ1) is 31.1. The van der Waals surface area contributed by atoms with Crippen LogP contribution >= 0.6 is 0 Å². The number of anilines is 1. The van der Waals surface area contributed by atoms with E-state index in [1.165, 1.54) is 4.31 Å². The van der Waals surface area contributed by atoms with Gasteiger partial charge >= 0.3 is 0 Å². The van der Waals surface area contributed by atoms with E-state index in [1.807, 2.05) is 58.9 Å². The predicted octanol–water partition coefficient (Wildman–Crippen LogP) is 4.52. The summed E-state index contributed by atoms with van der Waals surface area (Å²) in [6.45, 7) is 11.3. The summed E-state index contributed by atoms with van der Waals surface area (Å²) in [4.78, 5) is 28.2. The molecule has 0 aliphatic rings. The first-order chi connectivity index (χ1) is 18.0. The van der Waals surface area contributed by atoms with E-state index in [0.29, 0.717) is 49.9 Å². The number of sulfonamides is 1. The van der Waals surface area contributed by atoms with Crippen LogP contribution in [0.2, 0.25) is 0 Å². The van der Waals surface area contributed by atoms with E-state index >= 15 is 0 Å². The molecule has 0 aliphatic carbocycles. The molecule has 0 fully saturated rings. The predicted molar refractivity (Wildman–Crippen MR) is 153 cm³/mol. The highest BCUT2D eigenvalue weighted by molar-refractivity contribution is 7.92. The number of benzene rings is 2. The summed E-state index contributed by atoms with van der Waals surface area (Å²) >= 11 is 0. The van der Waals surface area contributed by atoms with Crippen molar-refractivity contribution in [2.45, 2.75) is 66.5 Å². The van der Waals surface area contributed by atoms with E-state index in [1.54, 1.807) is 29.2 Å². The molecule has 0 aliphatic heterocycles. The maximum absolute atomic E-state index is 13.5. The lowest BCUT2D eigenvalue weighted by atomic mass is 10.1. The molecule has 0 radical (unpaired) electrons. The fourth-order valence-electron chi connectivity index (χ4n) is 4.11. The quantitative estimate of drug-likeness (QED) is 0.355. The Bertz CT molecular complexity index is 1130. The topological polar surface area (TPSA) is 96.0 Å². The number of nitrogens with one attached hydrogen (secondary N) is 1. The molecule has 9 heteroatoms. The Morgan fingerprint density at radius 2 is 1.63 bits per heavy atom. The molecule has 8 nitrogen and oxygen atoms in total. The van der Waals surface area contributed by atoms with Crippen molar-refractivity contribution in [3.05, 3.63) is 59.7 Å². The van der Waals surface area contributed by atoms with E-state index in [9.17, 15) is 18.0 Å². The zero-order valence-corrected chi connectivity index (χ0v) is 24.4. The minimum atomic E-state index is -3.56. The standard InChI is InChI=1S/C29H43N3O5S/c1-7-27(29(34)30-20-22(3)4)31(21-24-13-11-23(5)12-14-24)28(33)10-9-19-32(38(6,35)36)25-15-17-26(18-16-25)37-8-2/h11-18,22,27H,7-10,19-21H2,1-6H3,(H,30,34). The maximum atomic E-state index is 13.5. The van der Waals surface area contributed by atoms with E-state index in [2.05, 4.69) is 5.32 Å². The second-order valence-corrected chi connectivity index (χ2v) is 11.8. The Balaban J connectivity index is 2.19.